The largest absolute Gasteiger partial charge is 0.460 e. The van der Waals surface area contributed by atoms with Gasteiger partial charge in [0.2, 0.25) is 5.91 Å². The fourth-order valence-electron chi connectivity index (χ4n) is 3.11. The van der Waals surface area contributed by atoms with Crippen LogP contribution in [0.5, 0.6) is 0 Å². The molecule has 0 aromatic rings. The van der Waals surface area contributed by atoms with E-state index >= 15 is 0 Å². The molecule has 0 aliphatic heterocycles. The number of carbonyl (C=O) groups excluding carboxylic acids is 2. The van der Waals surface area contributed by atoms with Crippen molar-refractivity contribution in [2.24, 2.45) is 17.1 Å². The second-order valence-corrected chi connectivity index (χ2v) is 7.07. The number of ether oxygens (including phenoxy) is 1. The fraction of sp³-hybridized carbons (Fsp3) is 0.875. The molecule has 0 spiro atoms. The third-order valence-corrected chi connectivity index (χ3v) is 4.10. The maximum atomic E-state index is 12.3. The third-order valence-electron chi connectivity index (χ3n) is 4.10. The van der Waals surface area contributed by atoms with Crippen LogP contribution < -0.4 is 5.73 Å². The summed E-state index contributed by atoms with van der Waals surface area (Å²) >= 11 is 0. The molecule has 4 nitrogen and oxygen atoms in total. The van der Waals surface area contributed by atoms with Crippen LogP contribution in [0, 0.1) is 11.3 Å². The van der Waals surface area contributed by atoms with Gasteiger partial charge < -0.3 is 10.5 Å². The molecule has 1 rings (SSSR count). The van der Waals surface area contributed by atoms with E-state index in [0.717, 1.165) is 38.5 Å². The highest BCUT2D eigenvalue weighted by atomic mass is 16.6. The molecule has 0 aromatic heterocycles. The van der Waals surface area contributed by atoms with E-state index in [9.17, 15) is 9.59 Å². The normalized spacial score (nSPS) is 19.6. The van der Waals surface area contributed by atoms with Crippen molar-refractivity contribution >= 4 is 11.9 Å². The van der Waals surface area contributed by atoms with Gasteiger partial charge in [0, 0.05) is 5.41 Å². The van der Waals surface area contributed by atoms with Gasteiger partial charge in [0.1, 0.15) is 5.60 Å². The summed E-state index contributed by atoms with van der Waals surface area (Å²) in [5, 5.41) is 0. The first-order valence-corrected chi connectivity index (χ1v) is 7.73. The number of esters is 1. The van der Waals surface area contributed by atoms with Crippen LogP contribution in [0.15, 0.2) is 0 Å². The molecule has 0 radical (unpaired) electrons. The highest BCUT2D eigenvalue weighted by Gasteiger charge is 2.43. The summed E-state index contributed by atoms with van der Waals surface area (Å²) in [6.45, 7) is 7.65. The molecule has 0 saturated heterocycles. The molecule has 20 heavy (non-hydrogen) atoms. The van der Waals surface area contributed by atoms with Crippen molar-refractivity contribution in [3.63, 3.8) is 0 Å². The van der Waals surface area contributed by atoms with E-state index in [2.05, 4.69) is 0 Å². The lowest BCUT2D eigenvalue weighted by Crippen LogP contribution is -2.39. The summed E-state index contributed by atoms with van der Waals surface area (Å²) in [5.74, 6) is -0.656. The van der Waals surface area contributed by atoms with Gasteiger partial charge in [-0.25, -0.2) is 0 Å². The summed E-state index contributed by atoms with van der Waals surface area (Å²) in [6, 6.07) is 0. The highest BCUT2D eigenvalue weighted by molar-refractivity contribution is 5.82. The Hall–Kier alpha value is -1.06. The lowest BCUT2D eigenvalue weighted by Gasteiger charge is -2.31. The van der Waals surface area contributed by atoms with E-state index in [1.807, 2.05) is 27.7 Å². The van der Waals surface area contributed by atoms with Crippen molar-refractivity contribution in [1.82, 2.24) is 0 Å². The van der Waals surface area contributed by atoms with Crippen LogP contribution in [-0.2, 0) is 14.3 Å². The molecule has 1 aliphatic rings. The molecule has 4 heteroatoms. The van der Waals surface area contributed by atoms with Crippen LogP contribution >= 0.6 is 0 Å². The minimum atomic E-state index is -0.489. The summed E-state index contributed by atoms with van der Waals surface area (Å²) in [5.41, 5.74) is 4.64. The fourth-order valence-corrected chi connectivity index (χ4v) is 3.11. The molecule has 116 valence electrons. The van der Waals surface area contributed by atoms with Gasteiger partial charge in [0.15, 0.2) is 0 Å². The van der Waals surface area contributed by atoms with E-state index in [4.69, 9.17) is 10.5 Å². The molecule has 1 atom stereocenters. The van der Waals surface area contributed by atoms with E-state index in [1.165, 1.54) is 0 Å². The zero-order valence-electron chi connectivity index (χ0n) is 13.3. The minimum Gasteiger partial charge on any atom is -0.460 e. The summed E-state index contributed by atoms with van der Waals surface area (Å²) in [7, 11) is 0. The van der Waals surface area contributed by atoms with E-state index in [1.54, 1.807) is 0 Å². The monoisotopic (exact) mass is 283 g/mol. The Morgan fingerprint density at radius 3 is 2.20 bits per heavy atom. The Kier molecular flexibility index (Phi) is 5.60. The predicted molar refractivity (Wildman–Crippen MR) is 79.0 cm³/mol. The maximum absolute atomic E-state index is 12.3. The second kappa shape index (κ2) is 6.59. The Balaban J connectivity index is 2.80. The number of rotatable bonds is 6. The smallest absolute Gasteiger partial charge is 0.309 e. The molecule has 0 bridgehead atoms. The minimum absolute atomic E-state index is 0.188. The highest BCUT2D eigenvalue weighted by Crippen LogP contribution is 2.44. The number of carbonyl (C=O) groups is 2. The SMILES string of the molecule is CCCC(CC1(C(N)=O)CCCC1)C(=O)OC(C)(C)C. The number of amides is 1. The summed E-state index contributed by atoms with van der Waals surface area (Å²) in [6.07, 6.45) is 5.87. The molecule has 0 aromatic carbocycles. The first-order chi connectivity index (χ1) is 9.20. The quantitative estimate of drug-likeness (QED) is 0.761. The van der Waals surface area contributed by atoms with Crippen molar-refractivity contribution < 1.29 is 14.3 Å². The van der Waals surface area contributed by atoms with Crippen molar-refractivity contribution in [1.29, 1.82) is 0 Å². The molecule has 1 aliphatic carbocycles. The van der Waals surface area contributed by atoms with Crippen LogP contribution in [0.2, 0.25) is 0 Å². The van der Waals surface area contributed by atoms with E-state index < -0.39 is 11.0 Å². The van der Waals surface area contributed by atoms with Crippen LogP contribution in [0.4, 0.5) is 0 Å². The van der Waals surface area contributed by atoms with Gasteiger partial charge in [-0.05, 0) is 46.5 Å². The van der Waals surface area contributed by atoms with E-state index in [0.29, 0.717) is 6.42 Å². The Morgan fingerprint density at radius 2 is 1.80 bits per heavy atom. The molecule has 1 unspecified atom stereocenters. The molecule has 0 heterocycles. The topological polar surface area (TPSA) is 69.4 Å². The zero-order chi connectivity index (χ0) is 15.4. The summed E-state index contributed by atoms with van der Waals surface area (Å²) in [4.78, 5) is 24.2. The lowest BCUT2D eigenvalue weighted by molar-refractivity contribution is -0.161. The van der Waals surface area contributed by atoms with Gasteiger partial charge in [-0.2, -0.15) is 0 Å². The number of nitrogens with two attached hydrogens (primary N) is 1. The average Bonchev–Trinajstić information content (AvgIpc) is 2.76. The van der Waals surface area contributed by atoms with Crippen molar-refractivity contribution in [3.05, 3.63) is 0 Å². The van der Waals surface area contributed by atoms with Crippen molar-refractivity contribution in [2.75, 3.05) is 0 Å². The third kappa shape index (κ3) is 4.50. The Labute approximate surface area is 122 Å². The van der Waals surface area contributed by atoms with E-state index in [-0.39, 0.29) is 17.8 Å². The van der Waals surface area contributed by atoms with Gasteiger partial charge in [-0.15, -0.1) is 0 Å². The van der Waals surface area contributed by atoms with Gasteiger partial charge in [-0.1, -0.05) is 26.2 Å². The van der Waals surface area contributed by atoms with Crippen LogP contribution in [-0.4, -0.2) is 17.5 Å². The van der Waals surface area contributed by atoms with Crippen LogP contribution in [0.1, 0.15) is 72.6 Å². The predicted octanol–water partition coefficient (Wildman–Crippen LogP) is 3.18. The molecular formula is C16H29NO3. The van der Waals surface area contributed by atoms with Crippen molar-refractivity contribution in [3.8, 4) is 0 Å². The van der Waals surface area contributed by atoms with Crippen LogP contribution in [0.25, 0.3) is 0 Å². The molecular weight excluding hydrogens is 254 g/mol. The number of hydrogen-bond acceptors (Lipinski definition) is 3. The zero-order valence-corrected chi connectivity index (χ0v) is 13.3. The second-order valence-electron chi connectivity index (χ2n) is 7.07. The average molecular weight is 283 g/mol. The van der Waals surface area contributed by atoms with Gasteiger partial charge in [0.05, 0.1) is 5.92 Å². The first kappa shape index (κ1) is 17.0. The lowest BCUT2D eigenvalue weighted by atomic mass is 9.76. The number of primary amides is 1. The number of hydrogen-bond donors (Lipinski definition) is 1. The Morgan fingerprint density at radius 1 is 1.25 bits per heavy atom. The summed E-state index contributed by atoms with van der Waals surface area (Å²) < 4.78 is 5.50. The van der Waals surface area contributed by atoms with Gasteiger partial charge >= 0.3 is 5.97 Å². The van der Waals surface area contributed by atoms with Gasteiger partial charge in [-0.3, -0.25) is 9.59 Å². The first-order valence-electron chi connectivity index (χ1n) is 7.73. The van der Waals surface area contributed by atoms with Crippen molar-refractivity contribution in [2.45, 2.75) is 78.2 Å². The van der Waals surface area contributed by atoms with Gasteiger partial charge in [0.25, 0.3) is 0 Å². The maximum Gasteiger partial charge on any atom is 0.309 e. The molecule has 1 fully saturated rings. The molecule has 1 amide bonds. The Bertz CT molecular complexity index is 351. The molecule has 2 N–H and O–H groups in total. The standard InChI is InChI=1S/C16H29NO3/c1-5-8-12(13(18)20-15(2,3)4)11-16(14(17)19)9-6-7-10-16/h12H,5-11H2,1-4H3,(H2,17,19). The van der Waals surface area contributed by atoms with Crippen LogP contribution in [0.3, 0.4) is 0 Å². The molecule has 1 saturated carbocycles.